The van der Waals surface area contributed by atoms with Crippen LogP contribution in [0, 0.1) is 0 Å². The Hall–Kier alpha value is -3.07. The summed E-state index contributed by atoms with van der Waals surface area (Å²) in [6.07, 6.45) is 2.38. The Morgan fingerprint density at radius 2 is 1.90 bits per heavy atom. The number of aliphatic hydroxyl groups excluding tert-OH is 1. The number of ether oxygens (including phenoxy) is 1. The molecule has 1 atom stereocenters. The van der Waals surface area contributed by atoms with Crippen molar-refractivity contribution in [2.24, 2.45) is 7.05 Å². The largest absolute Gasteiger partial charge is 0.491 e. The monoisotopic (exact) mass is 399 g/mol. The zero-order valence-corrected chi connectivity index (χ0v) is 16.4. The molecule has 9 nitrogen and oxygen atoms in total. The summed E-state index contributed by atoms with van der Waals surface area (Å²) in [6.45, 7) is 1.86. The van der Waals surface area contributed by atoms with E-state index in [2.05, 4.69) is 14.9 Å². The van der Waals surface area contributed by atoms with Gasteiger partial charge in [0.05, 0.1) is 6.54 Å². The minimum absolute atomic E-state index is 0.0762. The van der Waals surface area contributed by atoms with Crippen LogP contribution in [0.3, 0.4) is 0 Å². The molecule has 0 amide bonds. The quantitative estimate of drug-likeness (QED) is 0.637. The molecule has 2 aromatic heterocycles. The van der Waals surface area contributed by atoms with Crippen LogP contribution in [-0.4, -0.2) is 50.0 Å². The molecule has 1 fully saturated rings. The lowest BCUT2D eigenvalue weighted by Gasteiger charge is -2.28. The average molecular weight is 399 g/mol. The van der Waals surface area contributed by atoms with E-state index >= 15 is 0 Å². The standard InChI is InChI=1S/C20H25N5O4/c1-23-17-16(18(27)22-20(23)28)25(19(21-17)24-10-6-3-7-11-24)12-14(26)13-29-15-8-4-2-5-9-15/h2,4-5,8-9,14,26H,3,6-7,10-13H2,1H3,(H,22,27,28)/t14-/m1/s1. The second-order valence-corrected chi connectivity index (χ2v) is 7.34. The van der Waals surface area contributed by atoms with Gasteiger partial charge in [-0.1, -0.05) is 18.2 Å². The number of nitrogens with zero attached hydrogens (tertiary/aromatic N) is 4. The lowest BCUT2D eigenvalue weighted by molar-refractivity contribution is 0.0936. The third kappa shape index (κ3) is 3.91. The summed E-state index contributed by atoms with van der Waals surface area (Å²) in [5.41, 5.74) is -0.415. The van der Waals surface area contributed by atoms with Crippen molar-refractivity contribution in [1.29, 1.82) is 0 Å². The minimum atomic E-state index is -0.854. The van der Waals surface area contributed by atoms with Crippen molar-refractivity contribution in [1.82, 2.24) is 19.1 Å². The predicted molar refractivity (Wildman–Crippen MR) is 110 cm³/mol. The van der Waals surface area contributed by atoms with Gasteiger partial charge in [-0.25, -0.2) is 4.79 Å². The topological polar surface area (TPSA) is 105 Å². The third-order valence-corrected chi connectivity index (χ3v) is 5.20. The maximum atomic E-state index is 12.6. The Bertz CT molecular complexity index is 1100. The molecule has 1 aliphatic rings. The number of benzene rings is 1. The number of rotatable bonds is 6. The molecule has 1 aromatic carbocycles. The third-order valence-electron chi connectivity index (χ3n) is 5.20. The van der Waals surface area contributed by atoms with Gasteiger partial charge in [0.2, 0.25) is 5.95 Å². The summed E-state index contributed by atoms with van der Waals surface area (Å²) in [4.78, 5) is 33.6. The summed E-state index contributed by atoms with van der Waals surface area (Å²) in [5.74, 6) is 1.27. The Labute approximate surface area is 167 Å². The molecule has 0 bridgehead atoms. The molecule has 0 radical (unpaired) electrons. The highest BCUT2D eigenvalue weighted by molar-refractivity contribution is 5.74. The number of hydrogen-bond donors (Lipinski definition) is 2. The molecule has 0 aliphatic carbocycles. The van der Waals surface area contributed by atoms with E-state index in [4.69, 9.17) is 4.74 Å². The van der Waals surface area contributed by atoms with Gasteiger partial charge < -0.3 is 19.3 Å². The van der Waals surface area contributed by atoms with Gasteiger partial charge in [-0.2, -0.15) is 4.98 Å². The van der Waals surface area contributed by atoms with Crippen LogP contribution in [0.2, 0.25) is 0 Å². The molecule has 4 rings (SSSR count). The van der Waals surface area contributed by atoms with E-state index in [9.17, 15) is 14.7 Å². The van der Waals surface area contributed by atoms with Crippen LogP contribution in [0.1, 0.15) is 19.3 Å². The predicted octanol–water partition coefficient (Wildman–Crippen LogP) is 0.853. The summed E-state index contributed by atoms with van der Waals surface area (Å²) >= 11 is 0. The number of aryl methyl sites for hydroxylation is 1. The first kappa shape index (κ1) is 19.3. The Kier molecular flexibility index (Phi) is 5.39. The maximum absolute atomic E-state index is 12.6. The van der Waals surface area contributed by atoms with Crippen LogP contribution in [0.15, 0.2) is 39.9 Å². The van der Waals surface area contributed by atoms with E-state index < -0.39 is 17.4 Å². The zero-order valence-electron chi connectivity index (χ0n) is 16.4. The van der Waals surface area contributed by atoms with Crippen molar-refractivity contribution in [2.75, 3.05) is 24.6 Å². The molecule has 0 unspecified atom stereocenters. The lowest BCUT2D eigenvalue weighted by Crippen LogP contribution is -2.34. The number of aliphatic hydroxyl groups is 1. The smallest absolute Gasteiger partial charge is 0.329 e. The molecule has 3 aromatic rings. The number of aromatic nitrogens is 4. The van der Waals surface area contributed by atoms with Gasteiger partial charge in [0.15, 0.2) is 11.2 Å². The van der Waals surface area contributed by atoms with Crippen molar-refractivity contribution in [2.45, 2.75) is 31.9 Å². The Morgan fingerprint density at radius 3 is 2.62 bits per heavy atom. The van der Waals surface area contributed by atoms with E-state index in [1.165, 1.54) is 4.57 Å². The molecule has 0 saturated carbocycles. The van der Waals surface area contributed by atoms with Crippen LogP contribution < -0.4 is 20.9 Å². The van der Waals surface area contributed by atoms with E-state index in [1.807, 2.05) is 30.3 Å². The summed E-state index contributed by atoms with van der Waals surface area (Å²) in [7, 11) is 1.58. The lowest BCUT2D eigenvalue weighted by atomic mass is 10.1. The Balaban J connectivity index is 1.68. The molecule has 154 valence electrons. The number of para-hydroxylation sites is 1. The highest BCUT2D eigenvalue weighted by Gasteiger charge is 2.24. The number of H-pyrrole nitrogens is 1. The van der Waals surface area contributed by atoms with Crippen molar-refractivity contribution in [3.8, 4) is 5.75 Å². The molecule has 29 heavy (non-hydrogen) atoms. The van der Waals surface area contributed by atoms with Crippen molar-refractivity contribution >= 4 is 17.1 Å². The van der Waals surface area contributed by atoms with Crippen molar-refractivity contribution in [3.63, 3.8) is 0 Å². The molecule has 1 aliphatic heterocycles. The van der Waals surface area contributed by atoms with Crippen LogP contribution in [0.5, 0.6) is 5.75 Å². The van der Waals surface area contributed by atoms with Gasteiger partial charge in [-0.05, 0) is 31.4 Å². The number of aromatic amines is 1. The van der Waals surface area contributed by atoms with Gasteiger partial charge in [0, 0.05) is 20.1 Å². The van der Waals surface area contributed by atoms with E-state index in [0.717, 1.165) is 32.4 Å². The molecule has 0 spiro atoms. The molecular formula is C20H25N5O4. The van der Waals surface area contributed by atoms with Crippen molar-refractivity contribution in [3.05, 3.63) is 51.2 Å². The first-order valence-electron chi connectivity index (χ1n) is 9.85. The number of nitrogens with one attached hydrogen (secondary N) is 1. The van der Waals surface area contributed by atoms with Gasteiger partial charge in [0.1, 0.15) is 18.5 Å². The van der Waals surface area contributed by atoms with E-state index in [1.54, 1.807) is 11.6 Å². The van der Waals surface area contributed by atoms with Gasteiger partial charge in [-0.3, -0.25) is 14.3 Å². The number of imidazole rings is 1. The van der Waals surface area contributed by atoms with Gasteiger partial charge in [0.25, 0.3) is 5.56 Å². The second kappa shape index (κ2) is 8.12. The molecule has 1 saturated heterocycles. The average Bonchev–Trinajstić information content (AvgIpc) is 3.12. The first-order chi connectivity index (χ1) is 14.0. The molecule has 2 N–H and O–H groups in total. The number of fused-ring (bicyclic) bond motifs is 1. The summed E-state index contributed by atoms with van der Waals surface area (Å²) in [6, 6.07) is 9.25. The highest BCUT2D eigenvalue weighted by atomic mass is 16.5. The van der Waals surface area contributed by atoms with Crippen molar-refractivity contribution < 1.29 is 9.84 Å². The van der Waals surface area contributed by atoms with Crippen LogP contribution >= 0.6 is 0 Å². The fourth-order valence-corrected chi connectivity index (χ4v) is 3.70. The van der Waals surface area contributed by atoms with Crippen LogP contribution in [0.25, 0.3) is 11.2 Å². The number of anilines is 1. The molecular weight excluding hydrogens is 374 g/mol. The summed E-state index contributed by atoms with van der Waals surface area (Å²) in [5, 5.41) is 10.6. The minimum Gasteiger partial charge on any atom is -0.491 e. The fourth-order valence-electron chi connectivity index (χ4n) is 3.70. The zero-order chi connectivity index (χ0) is 20.4. The number of hydrogen-bond acceptors (Lipinski definition) is 6. The fraction of sp³-hybridized carbons (Fsp3) is 0.450. The normalized spacial score (nSPS) is 15.6. The molecule has 9 heteroatoms. The highest BCUT2D eigenvalue weighted by Crippen LogP contribution is 2.23. The first-order valence-corrected chi connectivity index (χ1v) is 9.85. The number of piperidine rings is 1. The van der Waals surface area contributed by atoms with Gasteiger partial charge in [-0.15, -0.1) is 0 Å². The van der Waals surface area contributed by atoms with Gasteiger partial charge >= 0.3 is 5.69 Å². The van der Waals surface area contributed by atoms with E-state index in [-0.39, 0.29) is 18.7 Å². The maximum Gasteiger partial charge on any atom is 0.329 e. The summed E-state index contributed by atoms with van der Waals surface area (Å²) < 4.78 is 8.68. The SMILES string of the molecule is Cn1c(=O)[nH]c(=O)c2c1nc(N1CCCCC1)n2C[C@@H](O)COc1ccccc1. The van der Waals surface area contributed by atoms with Crippen LogP contribution in [-0.2, 0) is 13.6 Å². The molecule has 3 heterocycles. The Morgan fingerprint density at radius 1 is 1.17 bits per heavy atom. The van der Waals surface area contributed by atoms with Crippen LogP contribution in [0.4, 0.5) is 5.95 Å². The second-order valence-electron chi connectivity index (χ2n) is 7.34. The van der Waals surface area contributed by atoms with E-state index in [0.29, 0.717) is 17.3 Å².